The lowest BCUT2D eigenvalue weighted by Crippen LogP contribution is -2.21. The van der Waals surface area contributed by atoms with E-state index in [1.54, 1.807) is 24.0 Å². The molecule has 2 heterocycles. The van der Waals surface area contributed by atoms with Crippen LogP contribution in [-0.2, 0) is 5.41 Å². The van der Waals surface area contributed by atoms with Gasteiger partial charge in [0.25, 0.3) is 5.91 Å². The normalized spacial score (nSPS) is 11.2. The first-order chi connectivity index (χ1) is 17.6. The summed E-state index contributed by atoms with van der Waals surface area (Å²) in [6, 6.07) is 20.6. The van der Waals surface area contributed by atoms with Gasteiger partial charge in [0.05, 0.1) is 11.4 Å². The second-order valence-electron chi connectivity index (χ2n) is 9.58. The van der Waals surface area contributed by atoms with Gasteiger partial charge in [0, 0.05) is 40.2 Å². The van der Waals surface area contributed by atoms with Crippen LogP contribution < -0.4 is 16.0 Å². The Balaban J connectivity index is 1.46. The molecule has 0 atom stereocenters. The molecule has 2 aromatic carbocycles. The van der Waals surface area contributed by atoms with Crippen molar-refractivity contribution in [3.8, 4) is 5.69 Å². The van der Waals surface area contributed by atoms with Crippen LogP contribution in [0.4, 0.5) is 16.3 Å². The molecule has 4 rings (SSSR count). The average molecular weight is 515 g/mol. The van der Waals surface area contributed by atoms with Crippen LogP contribution in [0.15, 0.2) is 82.7 Å². The molecule has 3 amide bonds. The van der Waals surface area contributed by atoms with Crippen molar-refractivity contribution >= 4 is 35.2 Å². The van der Waals surface area contributed by atoms with Gasteiger partial charge >= 0.3 is 6.03 Å². The lowest BCUT2D eigenvalue weighted by atomic mass is 9.92. The van der Waals surface area contributed by atoms with E-state index < -0.39 is 0 Å². The summed E-state index contributed by atoms with van der Waals surface area (Å²) in [5.41, 5.74) is 3.70. The minimum atomic E-state index is -0.362. The van der Waals surface area contributed by atoms with Gasteiger partial charge in [-0.2, -0.15) is 5.10 Å². The summed E-state index contributed by atoms with van der Waals surface area (Å²) in [6.07, 6.45) is 1.61. The van der Waals surface area contributed by atoms with Gasteiger partial charge in [-0.3, -0.25) is 15.1 Å². The second kappa shape index (κ2) is 10.9. The number of amides is 3. The van der Waals surface area contributed by atoms with Crippen molar-refractivity contribution in [1.82, 2.24) is 20.1 Å². The second-order valence-corrected chi connectivity index (χ2v) is 10.7. The van der Waals surface area contributed by atoms with Crippen LogP contribution >= 0.6 is 11.8 Å². The van der Waals surface area contributed by atoms with Gasteiger partial charge < -0.3 is 10.6 Å². The molecule has 0 aliphatic heterocycles. The molecular weight excluding hydrogens is 484 g/mol. The van der Waals surface area contributed by atoms with Crippen LogP contribution in [0.25, 0.3) is 5.69 Å². The predicted octanol–water partition coefficient (Wildman–Crippen LogP) is 6.03. The number of hydrogen-bond donors (Lipinski definition) is 3. The zero-order chi connectivity index (χ0) is 26.6. The van der Waals surface area contributed by atoms with E-state index >= 15 is 0 Å². The Morgan fingerprint density at radius 1 is 0.919 bits per heavy atom. The minimum absolute atomic E-state index is 0.175. The van der Waals surface area contributed by atoms with Crippen LogP contribution in [0.5, 0.6) is 0 Å². The van der Waals surface area contributed by atoms with Gasteiger partial charge in [0.1, 0.15) is 11.5 Å². The summed E-state index contributed by atoms with van der Waals surface area (Å²) in [5.74, 6) is 0.358. The van der Waals surface area contributed by atoms with E-state index in [0.717, 1.165) is 26.7 Å². The summed E-state index contributed by atoms with van der Waals surface area (Å²) in [5, 5.41) is 13.2. The number of hydrogen-bond acceptors (Lipinski definition) is 5. The summed E-state index contributed by atoms with van der Waals surface area (Å²) in [7, 11) is 1.57. The summed E-state index contributed by atoms with van der Waals surface area (Å²) >= 11 is 1.51. The Labute approximate surface area is 220 Å². The van der Waals surface area contributed by atoms with E-state index in [4.69, 9.17) is 5.10 Å². The molecule has 0 aliphatic rings. The number of benzene rings is 2. The lowest BCUT2D eigenvalue weighted by Gasteiger charge is -2.14. The third-order valence-corrected chi connectivity index (χ3v) is 6.50. The maximum atomic E-state index is 12.9. The lowest BCUT2D eigenvalue weighted by molar-refractivity contribution is 0.0958. The number of carbonyl (C=O) groups is 2. The maximum absolute atomic E-state index is 12.9. The number of nitrogens with zero attached hydrogens (tertiary/aromatic N) is 3. The maximum Gasteiger partial charge on any atom is 0.324 e. The Morgan fingerprint density at radius 2 is 1.68 bits per heavy atom. The van der Waals surface area contributed by atoms with Crippen molar-refractivity contribution in [3.63, 3.8) is 0 Å². The van der Waals surface area contributed by atoms with Crippen molar-refractivity contribution in [2.75, 3.05) is 17.7 Å². The van der Waals surface area contributed by atoms with Crippen molar-refractivity contribution in [2.45, 2.75) is 42.9 Å². The Kier molecular flexibility index (Phi) is 7.63. The smallest absolute Gasteiger partial charge is 0.324 e. The fourth-order valence-corrected chi connectivity index (χ4v) is 4.38. The van der Waals surface area contributed by atoms with E-state index in [2.05, 4.69) is 41.7 Å². The molecule has 37 heavy (non-hydrogen) atoms. The molecule has 0 saturated heterocycles. The molecular formula is C28H30N6O2S. The number of rotatable bonds is 6. The molecule has 4 aromatic rings. The highest BCUT2D eigenvalue weighted by molar-refractivity contribution is 7.99. The molecule has 190 valence electrons. The summed E-state index contributed by atoms with van der Waals surface area (Å²) in [4.78, 5) is 30.7. The highest BCUT2D eigenvalue weighted by Gasteiger charge is 2.21. The largest absolute Gasteiger partial charge is 0.354 e. The van der Waals surface area contributed by atoms with Gasteiger partial charge in [-0.05, 0) is 61.0 Å². The monoisotopic (exact) mass is 514 g/mol. The Morgan fingerprint density at radius 3 is 2.35 bits per heavy atom. The molecule has 0 aliphatic carbocycles. The minimum Gasteiger partial charge on any atom is -0.354 e. The Hall–Kier alpha value is -4.11. The van der Waals surface area contributed by atoms with Crippen molar-refractivity contribution < 1.29 is 9.59 Å². The average Bonchev–Trinajstić information content (AvgIpc) is 3.29. The van der Waals surface area contributed by atoms with Crippen LogP contribution in [0, 0.1) is 6.92 Å². The van der Waals surface area contributed by atoms with Gasteiger partial charge in [-0.1, -0.05) is 44.7 Å². The third kappa shape index (κ3) is 6.56. The molecule has 9 heteroatoms. The quantitative estimate of drug-likeness (QED) is 0.292. The highest BCUT2D eigenvalue weighted by Crippen LogP contribution is 2.29. The van der Waals surface area contributed by atoms with E-state index in [0.29, 0.717) is 17.2 Å². The molecule has 0 spiro atoms. The zero-order valence-electron chi connectivity index (χ0n) is 21.5. The van der Waals surface area contributed by atoms with E-state index in [1.807, 2.05) is 67.6 Å². The van der Waals surface area contributed by atoms with Crippen molar-refractivity contribution in [3.05, 3.63) is 89.9 Å². The molecule has 0 saturated carbocycles. The Bertz CT molecular complexity index is 1420. The fraction of sp³-hybridized carbons (Fsp3) is 0.214. The number of carbonyl (C=O) groups excluding carboxylic acids is 2. The number of urea groups is 1. The molecule has 0 radical (unpaired) electrons. The van der Waals surface area contributed by atoms with Crippen molar-refractivity contribution in [2.24, 2.45) is 0 Å². The first-order valence-electron chi connectivity index (χ1n) is 11.8. The topological polar surface area (TPSA) is 101 Å². The van der Waals surface area contributed by atoms with Crippen LogP contribution in [0.1, 0.15) is 42.5 Å². The number of aryl methyl sites for hydroxylation is 1. The van der Waals surface area contributed by atoms with Gasteiger partial charge in [-0.25, -0.2) is 9.48 Å². The van der Waals surface area contributed by atoms with Crippen LogP contribution in [0.3, 0.4) is 0 Å². The van der Waals surface area contributed by atoms with E-state index in [1.165, 1.54) is 11.8 Å². The van der Waals surface area contributed by atoms with Crippen LogP contribution in [0.2, 0.25) is 0 Å². The molecule has 3 N–H and O–H groups in total. The summed E-state index contributed by atoms with van der Waals surface area (Å²) < 4.78 is 1.76. The predicted molar refractivity (Wildman–Crippen MR) is 148 cm³/mol. The third-order valence-electron chi connectivity index (χ3n) is 5.50. The standard InChI is InChI=1S/C28H30N6O2S/c1-18-7-6-8-20(15-18)34-25(17-24(33-34)28(2,3)4)32-27(36)31-19-9-11-21(12-10-19)37-22-13-14-30-23(16-22)26(35)29-5/h6-17H,1-5H3,(H,29,35)(H2,31,32,36). The van der Waals surface area contributed by atoms with Crippen LogP contribution in [-0.4, -0.2) is 33.8 Å². The summed E-state index contributed by atoms with van der Waals surface area (Å²) in [6.45, 7) is 8.29. The fourth-order valence-electron chi connectivity index (χ4n) is 3.54. The highest BCUT2D eigenvalue weighted by atomic mass is 32.2. The number of nitrogens with one attached hydrogen (secondary N) is 3. The number of anilines is 2. The number of aromatic nitrogens is 3. The molecule has 8 nitrogen and oxygen atoms in total. The molecule has 0 fully saturated rings. The molecule has 0 bridgehead atoms. The van der Waals surface area contributed by atoms with E-state index in [-0.39, 0.29) is 17.4 Å². The first kappa shape index (κ1) is 26.0. The SMILES string of the molecule is CNC(=O)c1cc(Sc2ccc(NC(=O)Nc3cc(C(C)(C)C)nn3-c3cccc(C)c3)cc2)ccn1. The molecule has 2 aromatic heterocycles. The zero-order valence-corrected chi connectivity index (χ0v) is 22.3. The van der Waals surface area contributed by atoms with E-state index in [9.17, 15) is 9.59 Å². The first-order valence-corrected chi connectivity index (χ1v) is 12.7. The molecule has 0 unspecified atom stereocenters. The van der Waals surface area contributed by atoms with Crippen molar-refractivity contribution in [1.29, 1.82) is 0 Å². The number of pyridine rings is 1. The van der Waals surface area contributed by atoms with Gasteiger partial charge in [0.2, 0.25) is 0 Å². The van der Waals surface area contributed by atoms with Gasteiger partial charge in [-0.15, -0.1) is 0 Å². The van der Waals surface area contributed by atoms with Gasteiger partial charge in [0.15, 0.2) is 0 Å².